The summed E-state index contributed by atoms with van der Waals surface area (Å²) in [5.41, 5.74) is 0.223. The number of ether oxygens (including phenoxy) is 3. The fourth-order valence-electron chi connectivity index (χ4n) is 4.52. The summed E-state index contributed by atoms with van der Waals surface area (Å²) in [4.78, 5) is 16.3. The Morgan fingerprint density at radius 3 is 1.73 bits per heavy atom. The van der Waals surface area contributed by atoms with Crippen molar-refractivity contribution in [2.45, 2.75) is 94.7 Å². The Kier molecular flexibility index (Phi) is 6.91. The van der Waals surface area contributed by atoms with E-state index in [2.05, 4.69) is 88.4 Å². The van der Waals surface area contributed by atoms with E-state index in [4.69, 9.17) is 14.2 Å². The molecule has 2 heterocycles. The Morgan fingerprint density at radius 2 is 1.32 bits per heavy atom. The zero-order valence-electron chi connectivity index (χ0n) is 25.5. The number of nitrogens with zero attached hydrogens (tertiary/aromatic N) is 1. The van der Waals surface area contributed by atoms with Crippen LogP contribution >= 0.6 is 0 Å². The van der Waals surface area contributed by atoms with Crippen LogP contribution in [0.25, 0.3) is 0 Å². The van der Waals surface area contributed by atoms with Crippen molar-refractivity contribution in [1.29, 1.82) is 0 Å². The summed E-state index contributed by atoms with van der Waals surface area (Å²) >= 11 is 0. The number of carbonyl (C=O) groups is 1. The summed E-state index contributed by atoms with van der Waals surface area (Å²) in [6.45, 7) is 24.9. The number of nitrogens with one attached hydrogen (secondary N) is 1. The van der Waals surface area contributed by atoms with Crippen LogP contribution in [0.4, 0.5) is 11.4 Å². The fraction of sp³-hybridized carbons (Fsp3) is 0.645. The lowest BCUT2D eigenvalue weighted by atomic mass is 9.71. The molecule has 0 aromatic heterocycles. The monoisotopic (exact) mass is 512 g/mol. The lowest BCUT2D eigenvalue weighted by Gasteiger charge is -2.60. The predicted molar refractivity (Wildman–Crippen MR) is 151 cm³/mol. The van der Waals surface area contributed by atoms with Crippen LogP contribution in [0.1, 0.15) is 83.1 Å². The third kappa shape index (κ3) is 5.14. The van der Waals surface area contributed by atoms with E-state index >= 15 is 0 Å². The van der Waals surface area contributed by atoms with Gasteiger partial charge in [0.1, 0.15) is 17.1 Å². The van der Waals surface area contributed by atoms with Gasteiger partial charge < -0.3 is 19.7 Å². The molecule has 0 fully saturated rings. The van der Waals surface area contributed by atoms with Gasteiger partial charge in [0.05, 0.1) is 0 Å². The van der Waals surface area contributed by atoms with Gasteiger partial charge in [0.25, 0.3) is 11.7 Å². The predicted octanol–water partition coefficient (Wildman–Crippen LogP) is 7.48. The molecule has 3 rings (SSSR count). The molecule has 0 spiro atoms. The topological polar surface area (TPSA) is 60.0 Å². The van der Waals surface area contributed by atoms with Crippen molar-refractivity contribution in [3.8, 4) is 0 Å². The minimum Gasteiger partial charge on any atom is -0.461 e. The maximum atomic E-state index is 14.3. The number of hydrogen-bond donors (Lipinski definition) is 1. The van der Waals surface area contributed by atoms with Crippen molar-refractivity contribution in [2.24, 2.45) is 21.7 Å². The average Bonchev–Trinajstić information content (AvgIpc) is 2.70. The lowest BCUT2D eigenvalue weighted by Crippen LogP contribution is -2.67. The molecule has 6 nitrogen and oxygen atoms in total. The van der Waals surface area contributed by atoms with Crippen molar-refractivity contribution < 1.29 is 19.0 Å². The van der Waals surface area contributed by atoms with E-state index in [1.54, 1.807) is 0 Å². The molecule has 0 unspecified atom stereocenters. The van der Waals surface area contributed by atoms with Gasteiger partial charge in [-0.2, -0.15) is 0 Å². The molecule has 2 bridgehead atoms. The Labute approximate surface area is 224 Å². The number of amides is 1. The molecule has 1 amide bonds. The first-order valence-electron chi connectivity index (χ1n) is 13.2. The number of fused-ring (bicyclic) bond motifs is 2. The Balaban J connectivity index is 2.30. The zero-order valence-corrected chi connectivity index (χ0v) is 25.5. The quantitative estimate of drug-likeness (QED) is 0.455. The number of hydrogen-bond acceptors (Lipinski definition) is 5. The SMILES string of the molecule is CN(C)c1ccc(NC(=O)C2=C(C(C)(C)C)O[C@]3(C(C)(C)C)C=C(C(C)(C)C)O[C@@]2(C(C)(C)C)O3)cc1. The molecule has 0 aliphatic carbocycles. The summed E-state index contributed by atoms with van der Waals surface area (Å²) in [6.07, 6.45) is 1.98. The number of carbonyl (C=O) groups excluding carboxylic acids is 1. The van der Waals surface area contributed by atoms with Gasteiger partial charge in [-0.25, -0.2) is 0 Å². The molecule has 2 aliphatic rings. The van der Waals surface area contributed by atoms with Crippen molar-refractivity contribution >= 4 is 17.3 Å². The van der Waals surface area contributed by atoms with Crippen LogP contribution in [0.3, 0.4) is 0 Å². The van der Waals surface area contributed by atoms with E-state index in [0.717, 1.165) is 11.4 Å². The van der Waals surface area contributed by atoms with Crippen LogP contribution in [0.15, 0.2) is 47.4 Å². The normalized spacial score (nSPS) is 24.6. The molecule has 2 aliphatic heterocycles. The maximum absolute atomic E-state index is 14.3. The molecule has 0 radical (unpaired) electrons. The van der Waals surface area contributed by atoms with Crippen LogP contribution < -0.4 is 10.2 Å². The Morgan fingerprint density at radius 1 is 0.784 bits per heavy atom. The molecular formula is C31H48N2O4. The summed E-state index contributed by atoms with van der Waals surface area (Å²) in [6, 6.07) is 7.76. The number of allylic oxidation sites excluding steroid dienone is 2. The molecule has 1 aromatic carbocycles. The first kappa shape index (κ1) is 29.1. The largest absolute Gasteiger partial charge is 0.461 e. The third-order valence-electron chi connectivity index (χ3n) is 7.00. The van der Waals surface area contributed by atoms with Gasteiger partial charge in [-0.15, -0.1) is 0 Å². The molecular weight excluding hydrogens is 464 g/mol. The van der Waals surface area contributed by atoms with Crippen LogP contribution in [0.2, 0.25) is 0 Å². The summed E-state index contributed by atoms with van der Waals surface area (Å²) in [5, 5.41) is 3.11. The highest BCUT2D eigenvalue weighted by atomic mass is 16.8. The summed E-state index contributed by atoms with van der Waals surface area (Å²) < 4.78 is 20.7. The van der Waals surface area contributed by atoms with E-state index in [9.17, 15) is 4.79 Å². The van der Waals surface area contributed by atoms with Gasteiger partial charge in [0.15, 0.2) is 0 Å². The smallest absolute Gasteiger partial charge is 0.261 e. The van der Waals surface area contributed by atoms with Crippen LogP contribution in [0, 0.1) is 21.7 Å². The second-order valence-corrected chi connectivity index (χ2v) is 14.7. The highest BCUT2D eigenvalue weighted by Gasteiger charge is 2.67. The maximum Gasteiger partial charge on any atom is 0.261 e. The molecule has 1 N–H and O–H groups in total. The average molecular weight is 513 g/mol. The molecule has 2 atom stereocenters. The van der Waals surface area contributed by atoms with Gasteiger partial charge in [-0.05, 0) is 24.3 Å². The van der Waals surface area contributed by atoms with Crippen molar-refractivity contribution in [3.05, 3.63) is 47.4 Å². The van der Waals surface area contributed by atoms with E-state index < -0.39 is 27.8 Å². The van der Waals surface area contributed by atoms with Crippen molar-refractivity contribution in [2.75, 3.05) is 24.3 Å². The van der Waals surface area contributed by atoms with Crippen molar-refractivity contribution in [3.63, 3.8) is 0 Å². The van der Waals surface area contributed by atoms with E-state index in [0.29, 0.717) is 17.0 Å². The molecule has 37 heavy (non-hydrogen) atoms. The molecule has 0 saturated heterocycles. The second kappa shape index (κ2) is 8.79. The third-order valence-corrected chi connectivity index (χ3v) is 7.00. The molecule has 1 aromatic rings. The fourth-order valence-corrected chi connectivity index (χ4v) is 4.52. The Hall–Kier alpha value is -2.47. The highest BCUT2D eigenvalue weighted by molar-refractivity contribution is 6.06. The van der Waals surface area contributed by atoms with Gasteiger partial charge in [-0.1, -0.05) is 83.1 Å². The zero-order chi connectivity index (χ0) is 28.4. The van der Waals surface area contributed by atoms with Crippen LogP contribution in [-0.2, 0) is 19.0 Å². The van der Waals surface area contributed by atoms with Crippen LogP contribution in [0.5, 0.6) is 0 Å². The summed E-state index contributed by atoms with van der Waals surface area (Å²) in [5.74, 6) is -1.48. The van der Waals surface area contributed by atoms with Crippen molar-refractivity contribution in [1.82, 2.24) is 0 Å². The highest BCUT2D eigenvalue weighted by Crippen LogP contribution is 2.60. The van der Waals surface area contributed by atoms with E-state index in [1.807, 2.05) is 49.3 Å². The van der Waals surface area contributed by atoms with Gasteiger partial charge in [0, 0.05) is 53.2 Å². The second-order valence-electron chi connectivity index (χ2n) is 14.7. The van der Waals surface area contributed by atoms with Gasteiger partial charge in [-0.3, -0.25) is 9.53 Å². The molecule has 6 heteroatoms. The number of rotatable bonds is 3. The minimum absolute atomic E-state index is 0.296. The van der Waals surface area contributed by atoms with E-state index in [-0.39, 0.29) is 11.3 Å². The first-order valence-corrected chi connectivity index (χ1v) is 13.2. The first-order chi connectivity index (χ1) is 16.5. The molecule has 0 saturated carbocycles. The van der Waals surface area contributed by atoms with E-state index in [1.165, 1.54) is 0 Å². The van der Waals surface area contributed by atoms with Gasteiger partial charge >= 0.3 is 0 Å². The van der Waals surface area contributed by atoms with Crippen LogP contribution in [-0.4, -0.2) is 31.6 Å². The summed E-state index contributed by atoms with van der Waals surface area (Å²) in [7, 11) is 3.97. The Bertz CT molecular complexity index is 1100. The number of anilines is 2. The van der Waals surface area contributed by atoms with Gasteiger partial charge in [0.2, 0.25) is 5.79 Å². The standard InChI is InChI=1S/C31H48N2O4/c1-26(2,3)22-19-30(28(7,8)9)36-24(27(4,5)6)23(31(35-22,37-30)29(10,11)12)25(34)32-20-15-17-21(18-16-20)33(13)14/h15-19H,1-14H3,(H,32,34)/t30-,31-/m1/s1. The minimum atomic E-state index is -1.38. The lowest BCUT2D eigenvalue weighted by molar-refractivity contribution is -0.398. The molecule has 206 valence electrons. The number of benzene rings is 1.